The van der Waals surface area contributed by atoms with Crippen molar-refractivity contribution in [3.8, 4) is 28.5 Å². The molecule has 14 nitrogen and oxygen atoms in total. The van der Waals surface area contributed by atoms with Crippen LogP contribution >= 0.6 is 0 Å². The van der Waals surface area contributed by atoms with Crippen LogP contribution in [0.1, 0.15) is 26.7 Å². The van der Waals surface area contributed by atoms with Crippen molar-refractivity contribution in [1.29, 1.82) is 0 Å². The number of ether oxygens (including phenoxy) is 1. The molecule has 1 atom stereocenters. The number of piperazine rings is 1. The molecule has 3 saturated heterocycles. The quantitative estimate of drug-likeness (QED) is 0.260. The number of hydrogen-bond donors (Lipinski definition) is 1. The Labute approximate surface area is 290 Å². The van der Waals surface area contributed by atoms with E-state index in [2.05, 4.69) is 40.0 Å². The summed E-state index contributed by atoms with van der Waals surface area (Å²) in [6, 6.07) is 13.8. The third-order valence-corrected chi connectivity index (χ3v) is 10.1. The maximum atomic E-state index is 14.0. The first kappa shape index (κ1) is 31.9. The summed E-state index contributed by atoms with van der Waals surface area (Å²) in [5, 5.41) is 13.0. The first-order valence-corrected chi connectivity index (χ1v) is 17.2. The summed E-state index contributed by atoms with van der Waals surface area (Å²) in [7, 11) is 1.84. The molecule has 14 heteroatoms. The van der Waals surface area contributed by atoms with Gasteiger partial charge in [-0.25, -0.2) is 15.0 Å². The van der Waals surface area contributed by atoms with E-state index in [-0.39, 0.29) is 17.9 Å². The van der Waals surface area contributed by atoms with Crippen LogP contribution < -0.4 is 14.5 Å². The van der Waals surface area contributed by atoms with Crippen LogP contribution in [-0.4, -0.2) is 115 Å². The Bertz CT molecular complexity index is 2020. The zero-order valence-electron chi connectivity index (χ0n) is 28.6. The number of H-pyrrole nitrogens is 1. The Morgan fingerprint density at radius 3 is 2.46 bits per heavy atom. The van der Waals surface area contributed by atoms with Crippen molar-refractivity contribution in [1.82, 2.24) is 44.7 Å². The Kier molecular flexibility index (Phi) is 8.17. The van der Waals surface area contributed by atoms with Crippen molar-refractivity contribution >= 4 is 34.2 Å². The van der Waals surface area contributed by atoms with Crippen LogP contribution in [-0.2, 0) is 16.6 Å². The molecule has 1 aromatic carbocycles. The number of nitrogens with one attached hydrogen (secondary N) is 1. The molecule has 0 radical (unpaired) electrons. The highest BCUT2D eigenvalue weighted by Crippen LogP contribution is 2.43. The Balaban J connectivity index is 0.871. The predicted molar refractivity (Wildman–Crippen MR) is 189 cm³/mol. The van der Waals surface area contributed by atoms with E-state index < -0.39 is 5.41 Å². The maximum Gasteiger partial charge on any atom is 0.236 e. The van der Waals surface area contributed by atoms with Crippen LogP contribution in [0.3, 0.4) is 0 Å². The van der Waals surface area contributed by atoms with E-state index in [0.717, 1.165) is 58.6 Å². The molecule has 0 aliphatic carbocycles. The molecule has 0 bridgehead atoms. The van der Waals surface area contributed by atoms with Crippen LogP contribution in [0.4, 0.5) is 11.5 Å². The van der Waals surface area contributed by atoms with Crippen LogP contribution in [0, 0.1) is 5.41 Å². The average molecular weight is 676 g/mol. The summed E-state index contributed by atoms with van der Waals surface area (Å²) in [6.07, 6.45) is 6.81. The third kappa shape index (κ3) is 6.04. The highest BCUT2D eigenvalue weighted by Gasteiger charge is 2.51. The number of anilines is 2. The number of pyridine rings is 2. The van der Waals surface area contributed by atoms with E-state index in [0.29, 0.717) is 57.5 Å². The summed E-state index contributed by atoms with van der Waals surface area (Å²) >= 11 is 0. The first-order chi connectivity index (χ1) is 24.2. The molecular formula is C36H41N11O3. The predicted octanol–water partition coefficient (Wildman–Crippen LogP) is 3.38. The van der Waals surface area contributed by atoms with Crippen LogP contribution in [0.2, 0.25) is 0 Å². The first-order valence-electron chi connectivity index (χ1n) is 17.2. The van der Waals surface area contributed by atoms with Crippen molar-refractivity contribution in [3.05, 3.63) is 61.2 Å². The number of amides is 2. The van der Waals surface area contributed by atoms with E-state index in [1.54, 1.807) is 23.4 Å². The second-order valence-electron chi connectivity index (χ2n) is 13.8. The van der Waals surface area contributed by atoms with Crippen LogP contribution in [0.25, 0.3) is 33.5 Å². The lowest BCUT2D eigenvalue weighted by molar-refractivity contribution is -0.133. The lowest BCUT2D eigenvalue weighted by Crippen LogP contribution is -2.51. The van der Waals surface area contributed by atoms with E-state index in [9.17, 15) is 9.59 Å². The van der Waals surface area contributed by atoms with E-state index in [4.69, 9.17) is 4.74 Å². The Hall–Kier alpha value is -5.37. The minimum absolute atomic E-state index is 0.0440. The number of fused-ring (bicyclic) bond motifs is 1. The van der Waals surface area contributed by atoms with Gasteiger partial charge in [0.15, 0.2) is 5.82 Å². The Morgan fingerprint density at radius 1 is 0.940 bits per heavy atom. The summed E-state index contributed by atoms with van der Waals surface area (Å²) in [4.78, 5) is 49.0. The number of likely N-dealkylation sites (tertiary alicyclic amines) is 1. The smallest absolute Gasteiger partial charge is 0.236 e. The summed E-state index contributed by atoms with van der Waals surface area (Å²) in [5.41, 5.74) is 3.81. The van der Waals surface area contributed by atoms with Gasteiger partial charge in [-0.15, -0.1) is 0 Å². The molecule has 8 rings (SSSR count). The van der Waals surface area contributed by atoms with Crippen molar-refractivity contribution in [2.45, 2.75) is 32.8 Å². The van der Waals surface area contributed by atoms with Crippen molar-refractivity contribution in [2.75, 3.05) is 62.2 Å². The van der Waals surface area contributed by atoms with E-state index in [1.165, 1.54) is 0 Å². The largest absolute Gasteiger partial charge is 0.475 e. The minimum atomic E-state index is -0.466. The van der Waals surface area contributed by atoms with Crippen LogP contribution in [0.5, 0.6) is 5.88 Å². The fourth-order valence-corrected chi connectivity index (χ4v) is 7.41. The number of carbonyl (C=O) groups excluding carboxylic acids is 2. The van der Waals surface area contributed by atoms with Gasteiger partial charge in [0.25, 0.3) is 0 Å². The van der Waals surface area contributed by atoms with Crippen LogP contribution in [0.15, 0.2) is 61.2 Å². The number of hydrogen-bond acceptors (Lipinski definition) is 10. The van der Waals surface area contributed by atoms with Gasteiger partial charge in [-0.2, -0.15) is 10.2 Å². The fraction of sp³-hybridized carbons (Fsp3) is 0.417. The number of aryl methyl sites for hydroxylation is 1. The Morgan fingerprint density at radius 2 is 1.74 bits per heavy atom. The standard InChI is InChI=1S/C36H41N11O3/c1-24(2)50-31-9-5-25(19-38-31)33-28-18-27(6-7-29(28)40-41-33)47-13-11-36(35(47)49)10-12-44(22-36)21-32(48)46-16-14-45(15-17-46)30-8-4-26(20-37-30)34-39-23-43(3)42-34/h4-9,18-20,23-24H,10-17,21-22H2,1-3H3,(H,40,41)/t36-/m0/s1. The monoisotopic (exact) mass is 675 g/mol. The number of aromatic amines is 1. The molecule has 0 saturated carbocycles. The number of aromatic nitrogens is 7. The molecule has 1 spiro atoms. The van der Waals surface area contributed by atoms with Crippen molar-refractivity contribution in [2.24, 2.45) is 12.5 Å². The second kappa shape index (κ2) is 12.8. The molecule has 3 aliphatic heterocycles. The van der Waals surface area contributed by atoms with Gasteiger partial charge in [0, 0.05) is 87.0 Å². The van der Waals surface area contributed by atoms with Crippen molar-refractivity contribution < 1.29 is 14.3 Å². The average Bonchev–Trinajstić information content (AvgIpc) is 3.92. The normalized spacial score (nSPS) is 19.8. The molecule has 5 aromatic rings. The van der Waals surface area contributed by atoms with Gasteiger partial charge in [0.05, 0.1) is 23.6 Å². The molecule has 1 N–H and O–H groups in total. The van der Waals surface area contributed by atoms with Gasteiger partial charge in [0.1, 0.15) is 17.8 Å². The topological polar surface area (TPSA) is 142 Å². The number of rotatable bonds is 8. The number of nitrogens with zero attached hydrogens (tertiary/aromatic N) is 10. The molecule has 0 unspecified atom stereocenters. The van der Waals surface area contributed by atoms with Gasteiger partial charge in [-0.3, -0.25) is 24.3 Å². The molecular weight excluding hydrogens is 634 g/mol. The van der Waals surface area contributed by atoms with Crippen molar-refractivity contribution in [3.63, 3.8) is 0 Å². The van der Waals surface area contributed by atoms with Gasteiger partial charge < -0.3 is 19.4 Å². The molecule has 2 amide bonds. The molecule has 7 heterocycles. The molecule has 50 heavy (non-hydrogen) atoms. The van der Waals surface area contributed by atoms with Gasteiger partial charge >= 0.3 is 0 Å². The van der Waals surface area contributed by atoms with E-state index in [1.807, 2.05) is 73.2 Å². The van der Waals surface area contributed by atoms with Gasteiger partial charge in [-0.1, -0.05) is 0 Å². The maximum absolute atomic E-state index is 14.0. The zero-order valence-corrected chi connectivity index (χ0v) is 28.6. The minimum Gasteiger partial charge on any atom is -0.475 e. The highest BCUT2D eigenvalue weighted by molar-refractivity contribution is 6.03. The van der Waals surface area contributed by atoms with E-state index >= 15 is 0 Å². The van der Waals surface area contributed by atoms with Gasteiger partial charge in [0.2, 0.25) is 17.7 Å². The fourth-order valence-electron chi connectivity index (χ4n) is 7.41. The second-order valence-corrected chi connectivity index (χ2v) is 13.8. The third-order valence-electron chi connectivity index (χ3n) is 10.1. The summed E-state index contributed by atoms with van der Waals surface area (Å²) in [5.74, 6) is 2.36. The number of benzene rings is 1. The summed E-state index contributed by atoms with van der Waals surface area (Å²) in [6.45, 7) is 8.97. The van der Waals surface area contributed by atoms with Gasteiger partial charge in [-0.05, 0) is 69.6 Å². The molecule has 4 aromatic heterocycles. The lowest BCUT2D eigenvalue weighted by atomic mass is 9.85. The SMILES string of the molecule is CC(C)Oc1ccc(-c2n[nH]c3ccc(N4CC[C@]5(CCN(CC(=O)N6CCN(c7ccc(-c8ncn(C)n8)cn7)CC6)C5)C4=O)cc23)cn1. The molecule has 258 valence electrons. The zero-order chi connectivity index (χ0) is 34.4. The lowest BCUT2D eigenvalue weighted by Gasteiger charge is -2.36. The summed E-state index contributed by atoms with van der Waals surface area (Å²) < 4.78 is 7.37. The molecule has 3 fully saturated rings. The molecule has 3 aliphatic rings. The number of carbonyl (C=O) groups is 2. The highest BCUT2D eigenvalue weighted by atomic mass is 16.5.